The number of hydrogen-bond acceptors (Lipinski definition) is 3. The van der Waals surface area contributed by atoms with Crippen LogP contribution >= 0.6 is 0 Å². The Hall–Kier alpha value is -3.22. The van der Waals surface area contributed by atoms with Gasteiger partial charge in [0, 0.05) is 17.4 Å². The molecule has 6 nitrogen and oxygen atoms in total. The normalized spacial score (nSPS) is 12.1. The maximum absolute atomic E-state index is 13.3. The number of nitrogens with one attached hydrogen (secondary N) is 2. The molecule has 0 radical (unpaired) electrons. The van der Waals surface area contributed by atoms with Gasteiger partial charge in [-0.3, -0.25) is 4.40 Å². The number of alkyl halides is 6. The zero-order valence-electron chi connectivity index (χ0n) is 15.0. The van der Waals surface area contributed by atoms with Crippen molar-refractivity contribution in [3.63, 3.8) is 0 Å². The minimum absolute atomic E-state index is 0.0280. The number of halogens is 6. The number of anilines is 1. The van der Waals surface area contributed by atoms with E-state index in [0.717, 1.165) is 6.07 Å². The summed E-state index contributed by atoms with van der Waals surface area (Å²) in [5.41, 5.74) is -0.257. The molecular weight excluding hydrogens is 417 g/mol. The highest BCUT2D eigenvalue weighted by Crippen LogP contribution is 2.35. The molecule has 0 aliphatic carbocycles. The first kappa shape index (κ1) is 21.5. The molecule has 0 atom stereocenters. The number of aromatic nitrogens is 2. The second-order valence-corrected chi connectivity index (χ2v) is 6.28. The third-order valence-electron chi connectivity index (χ3n) is 4.02. The fourth-order valence-corrected chi connectivity index (χ4v) is 2.70. The first-order chi connectivity index (χ1) is 14.0. The number of fused-ring (bicyclic) bond motifs is 1. The lowest BCUT2D eigenvalue weighted by atomic mass is 9.90. The molecule has 2 heterocycles. The number of imidazole rings is 1. The number of hydrogen-bond donors (Lipinski definition) is 3. The van der Waals surface area contributed by atoms with Gasteiger partial charge in [-0.15, -0.1) is 0 Å². The summed E-state index contributed by atoms with van der Waals surface area (Å²) in [6.07, 6.45) is -6.62. The minimum Gasteiger partial charge on any atom is -0.449 e. The van der Waals surface area contributed by atoms with Gasteiger partial charge in [0.15, 0.2) is 0 Å². The Morgan fingerprint density at radius 3 is 2.50 bits per heavy atom. The van der Waals surface area contributed by atoms with Gasteiger partial charge in [-0.25, -0.2) is 9.78 Å². The van der Waals surface area contributed by atoms with E-state index in [1.165, 1.54) is 28.2 Å². The van der Waals surface area contributed by atoms with Crippen molar-refractivity contribution in [2.45, 2.75) is 12.4 Å². The Labute approximate surface area is 165 Å². The summed E-state index contributed by atoms with van der Waals surface area (Å²) in [6, 6.07) is 4.43. The zero-order valence-corrected chi connectivity index (χ0v) is 15.0. The summed E-state index contributed by atoms with van der Waals surface area (Å²) in [6.45, 7) is -1.63. The van der Waals surface area contributed by atoms with Crippen LogP contribution in [0.2, 0.25) is 0 Å². The molecule has 158 valence electrons. The van der Waals surface area contributed by atoms with Crippen LogP contribution in [0.1, 0.15) is 5.56 Å². The summed E-state index contributed by atoms with van der Waals surface area (Å²) in [5, 5.41) is 12.7. The van der Waals surface area contributed by atoms with Crippen molar-refractivity contribution in [1.82, 2.24) is 14.7 Å². The molecule has 1 aromatic carbocycles. The van der Waals surface area contributed by atoms with Crippen LogP contribution in [0.3, 0.4) is 0 Å². The van der Waals surface area contributed by atoms with E-state index >= 15 is 0 Å². The van der Waals surface area contributed by atoms with Gasteiger partial charge in [-0.1, -0.05) is 0 Å². The van der Waals surface area contributed by atoms with E-state index in [9.17, 15) is 36.2 Å². The lowest BCUT2D eigenvalue weighted by Crippen LogP contribution is -2.36. The van der Waals surface area contributed by atoms with Crippen molar-refractivity contribution in [1.29, 1.82) is 0 Å². The van der Waals surface area contributed by atoms with E-state index in [1.807, 2.05) is 5.32 Å². The van der Waals surface area contributed by atoms with Crippen molar-refractivity contribution in [3.05, 3.63) is 48.3 Å². The van der Waals surface area contributed by atoms with Crippen LogP contribution in [0.15, 0.2) is 42.7 Å². The molecule has 3 N–H and O–H groups in total. The molecule has 13 heteroatoms. The van der Waals surface area contributed by atoms with E-state index in [0.29, 0.717) is 17.2 Å². The molecule has 0 aliphatic heterocycles. The Bertz CT molecular complexity index is 1080. The second-order valence-electron chi connectivity index (χ2n) is 6.28. The quantitative estimate of drug-likeness (QED) is 0.440. The number of benzene rings is 1. The topological polar surface area (TPSA) is 78.7 Å². The number of carbonyl (C=O) groups excluding carboxylic acids is 1. The number of rotatable bonds is 4. The SMILES string of the molecule is O=C(NCC(F)(F)F)Nc1cc(-c2cnc3cc(BO)ccn23)cc(C(F)(F)F)c1. The first-order valence-electron chi connectivity index (χ1n) is 8.37. The molecule has 0 saturated heterocycles. The number of pyridine rings is 1. The maximum atomic E-state index is 13.3. The summed E-state index contributed by atoms with van der Waals surface area (Å²) in [4.78, 5) is 15.7. The summed E-state index contributed by atoms with van der Waals surface area (Å²) in [5.74, 6) is 0. The van der Waals surface area contributed by atoms with Crippen molar-refractivity contribution in [2.75, 3.05) is 11.9 Å². The van der Waals surface area contributed by atoms with Gasteiger partial charge in [-0.2, -0.15) is 26.3 Å². The summed E-state index contributed by atoms with van der Waals surface area (Å²) >= 11 is 0. The number of nitrogens with zero attached hydrogens (tertiary/aromatic N) is 2. The highest BCUT2D eigenvalue weighted by Gasteiger charge is 2.32. The molecule has 0 bridgehead atoms. The molecule has 0 unspecified atom stereocenters. The number of carbonyl (C=O) groups is 1. The van der Waals surface area contributed by atoms with Crippen molar-refractivity contribution in [3.8, 4) is 11.3 Å². The van der Waals surface area contributed by atoms with Crippen molar-refractivity contribution >= 4 is 30.3 Å². The molecule has 0 saturated carbocycles. The van der Waals surface area contributed by atoms with E-state index in [4.69, 9.17) is 0 Å². The largest absolute Gasteiger partial charge is 0.449 e. The fraction of sp³-hybridized carbons (Fsp3) is 0.176. The highest BCUT2D eigenvalue weighted by molar-refractivity contribution is 6.45. The van der Waals surface area contributed by atoms with E-state index in [1.54, 1.807) is 12.1 Å². The molecule has 30 heavy (non-hydrogen) atoms. The third-order valence-corrected chi connectivity index (χ3v) is 4.02. The molecule has 2 amide bonds. The Morgan fingerprint density at radius 2 is 1.87 bits per heavy atom. The van der Waals surface area contributed by atoms with Crippen LogP contribution in [0.5, 0.6) is 0 Å². The van der Waals surface area contributed by atoms with Crippen LogP contribution in [0.4, 0.5) is 36.8 Å². The van der Waals surface area contributed by atoms with Crippen LogP contribution in [0.25, 0.3) is 16.9 Å². The van der Waals surface area contributed by atoms with Gasteiger partial charge < -0.3 is 15.7 Å². The maximum Gasteiger partial charge on any atom is 0.416 e. The fourth-order valence-electron chi connectivity index (χ4n) is 2.70. The van der Waals surface area contributed by atoms with Crippen molar-refractivity contribution < 1.29 is 36.2 Å². The molecular formula is C17H13BF6N4O2. The summed E-state index contributed by atoms with van der Waals surface area (Å²) in [7, 11) is -0.247. The van der Waals surface area contributed by atoms with Gasteiger partial charge in [0.25, 0.3) is 0 Å². The minimum atomic E-state index is -4.76. The van der Waals surface area contributed by atoms with Gasteiger partial charge in [0.2, 0.25) is 0 Å². The predicted molar refractivity (Wildman–Crippen MR) is 97.7 cm³/mol. The van der Waals surface area contributed by atoms with E-state index < -0.39 is 30.5 Å². The Kier molecular flexibility index (Phi) is 5.66. The lowest BCUT2D eigenvalue weighted by molar-refractivity contribution is -0.137. The monoisotopic (exact) mass is 430 g/mol. The molecule has 3 rings (SSSR count). The first-order valence-corrected chi connectivity index (χ1v) is 8.37. The standard InChI is InChI=1S/C17H13BF6N4O2/c19-16(20,21)8-26-15(29)27-12-4-9(3-10(5-12)17(22,23)24)13-7-25-14-6-11(18-30)1-2-28(13)14/h1-7,18,30H,8H2,(H2,26,27,29). The molecule has 2 aromatic heterocycles. The molecule has 3 aromatic rings. The number of urea groups is 1. The van der Waals surface area contributed by atoms with Crippen LogP contribution in [-0.2, 0) is 6.18 Å². The van der Waals surface area contributed by atoms with Gasteiger partial charge in [-0.05, 0) is 35.8 Å². The zero-order chi connectivity index (χ0) is 22.1. The van der Waals surface area contributed by atoms with Crippen molar-refractivity contribution in [2.24, 2.45) is 0 Å². The van der Waals surface area contributed by atoms with Crippen LogP contribution < -0.4 is 16.1 Å². The summed E-state index contributed by atoms with van der Waals surface area (Å²) < 4.78 is 78.1. The lowest BCUT2D eigenvalue weighted by Gasteiger charge is -2.14. The molecule has 0 aliphatic rings. The average molecular weight is 430 g/mol. The number of amides is 2. The van der Waals surface area contributed by atoms with E-state index in [-0.39, 0.29) is 24.4 Å². The van der Waals surface area contributed by atoms with Gasteiger partial charge in [0.1, 0.15) is 12.2 Å². The molecule has 0 fully saturated rings. The van der Waals surface area contributed by atoms with Gasteiger partial charge in [0.05, 0.1) is 17.5 Å². The Morgan fingerprint density at radius 1 is 1.13 bits per heavy atom. The molecule has 0 spiro atoms. The Balaban J connectivity index is 1.99. The third kappa shape index (κ3) is 5.03. The van der Waals surface area contributed by atoms with Crippen LogP contribution in [0, 0.1) is 0 Å². The average Bonchev–Trinajstić information content (AvgIpc) is 3.08. The van der Waals surface area contributed by atoms with Crippen LogP contribution in [-0.4, -0.2) is 40.6 Å². The smallest absolute Gasteiger partial charge is 0.416 e. The van der Waals surface area contributed by atoms with E-state index in [2.05, 4.69) is 4.98 Å². The predicted octanol–water partition coefficient (Wildman–Crippen LogP) is 2.67. The second kappa shape index (κ2) is 7.90. The van der Waals surface area contributed by atoms with Gasteiger partial charge >= 0.3 is 25.9 Å². The highest BCUT2D eigenvalue weighted by atomic mass is 19.4.